The average Bonchev–Trinajstić information content (AvgIpc) is 3.59. The van der Waals surface area contributed by atoms with E-state index in [1.165, 1.54) is 38.6 Å². The maximum absolute atomic E-state index is 6.00. The number of para-hydroxylation sites is 2. The normalized spacial score (nSPS) is 12.5. The number of nitrogens with zero attached hydrogens (tertiary/aromatic N) is 8. The van der Waals surface area contributed by atoms with Crippen LogP contribution in [0.3, 0.4) is 0 Å². The van der Waals surface area contributed by atoms with Gasteiger partial charge in [0.2, 0.25) is 0 Å². The molecule has 0 aliphatic carbocycles. The Labute approximate surface area is 455 Å². The molecule has 15 aromatic rings. The van der Waals surface area contributed by atoms with Crippen molar-refractivity contribution in [3.63, 3.8) is 0 Å². The first-order valence-electron chi connectivity index (χ1n) is 27.2. The molecule has 0 fully saturated rings. The van der Waals surface area contributed by atoms with Gasteiger partial charge >= 0.3 is 0 Å². The van der Waals surface area contributed by atoms with Crippen LogP contribution in [-0.2, 0) is 0 Å². The Balaban J connectivity index is 1.04. The first-order valence-corrected chi connectivity index (χ1v) is 27.2. The van der Waals surface area contributed by atoms with E-state index < -0.39 is 0 Å². The van der Waals surface area contributed by atoms with Crippen molar-refractivity contribution in [1.82, 2.24) is 38.2 Å². The van der Waals surface area contributed by atoms with Crippen LogP contribution in [0.1, 0.15) is 22.3 Å². The van der Waals surface area contributed by atoms with Gasteiger partial charge in [0, 0.05) is 55.2 Å². The first kappa shape index (κ1) is 44.1. The zero-order valence-electron chi connectivity index (χ0n) is 43.9. The van der Waals surface area contributed by atoms with Gasteiger partial charge in [-0.2, -0.15) is 0 Å². The van der Waals surface area contributed by atoms with Gasteiger partial charge in [0.25, 0.3) is 6.71 Å². The molecule has 2 aliphatic heterocycles. The molecular formula is C70H47BN8. The van der Waals surface area contributed by atoms with Crippen LogP contribution < -0.4 is 16.4 Å². The maximum Gasteiger partial charge on any atom is 0.252 e. The zero-order chi connectivity index (χ0) is 52.4. The number of benzene rings is 9. The van der Waals surface area contributed by atoms with E-state index in [1.807, 2.05) is 0 Å². The fourth-order valence-corrected chi connectivity index (χ4v) is 13.8. The molecule has 0 spiro atoms. The Bertz CT molecular complexity index is 4780. The number of imidazole rings is 2. The SMILES string of the molecule is Cc1cccc(C)c1-c1nc2c3c(cc4c5ccccc5n(-c5cccc(-c6ccccc6)n5)c42)B2c4c(cccc4-n4c(-c5c(C)cccc5C)nc5c4c2cc2c4ccccc4n(-c4cccc(-c6ccccc6)n4)c25)-n13. The standard InChI is InChI=1S/C70H47BN8/c1-40-20-15-21-41(2)60(40)69-74-63-65-48(46-28-11-13-32-54(46)76(65)58-36-17-30-52(72-58)44-24-7-5-8-25-44)38-50-67(63)78(69)56-34-19-35-57-62(56)71(50)51-39-49-47-29-12-14-33-55(47)77(59-37-18-31-53(73-59)45-26-9-6-10-27-45)66(49)64-68(51)79(57)70(75-64)61-42(3)22-16-23-43(61)4/h5-39H,1-4H3. The summed E-state index contributed by atoms with van der Waals surface area (Å²) in [5.41, 5.74) is 25.2. The average molecular weight is 1010 g/mol. The van der Waals surface area contributed by atoms with Crippen LogP contribution >= 0.6 is 0 Å². The summed E-state index contributed by atoms with van der Waals surface area (Å²) in [7, 11) is 0. The monoisotopic (exact) mass is 1010 g/mol. The Morgan fingerprint density at radius 2 is 0.722 bits per heavy atom. The molecule has 79 heavy (non-hydrogen) atoms. The van der Waals surface area contributed by atoms with Crippen LogP contribution in [0.5, 0.6) is 0 Å². The number of aryl methyl sites for hydroxylation is 4. The Morgan fingerprint density at radius 3 is 1.16 bits per heavy atom. The number of aromatic nitrogens is 8. The van der Waals surface area contributed by atoms with Crippen LogP contribution in [0.4, 0.5) is 0 Å². The van der Waals surface area contributed by atoms with Crippen LogP contribution in [0.2, 0.25) is 0 Å². The van der Waals surface area contributed by atoms with Gasteiger partial charge in [-0.1, -0.05) is 164 Å². The minimum absolute atomic E-state index is 0.196. The molecule has 0 unspecified atom stereocenters. The van der Waals surface area contributed by atoms with Crippen molar-refractivity contribution < 1.29 is 0 Å². The molecule has 0 radical (unpaired) electrons. The Hall–Kier alpha value is -10.1. The molecule has 17 rings (SSSR count). The second kappa shape index (κ2) is 16.2. The lowest BCUT2D eigenvalue weighted by atomic mass is 9.34. The van der Waals surface area contributed by atoms with Gasteiger partial charge in [-0.25, -0.2) is 19.9 Å². The van der Waals surface area contributed by atoms with Crippen molar-refractivity contribution in [3.05, 3.63) is 235 Å². The molecule has 0 saturated carbocycles. The molecule has 8 nitrogen and oxygen atoms in total. The molecule has 0 N–H and O–H groups in total. The fourth-order valence-electron chi connectivity index (χ4n) is 13.8. The third kappa shape index (κ3) is 5.99. The van der Waals surface area contributed by atoms with Crippen LogP contribution in [0, 0.1) is 27.7 Å². The Kier molecular flexibility index (Phi) is 9.04. The van der Waals surface area contributed by atoms with Gasteiger partial charge in [0.05, 0.1) is 44.5 Å². The second-order valence-corrected chi connectivity index (χ2v) is 21.5. The number of hydrogen-bond acceptors (Lipinski definition) is 4. The second-order valence-electron chi connectivity index (χ2n) is 21.5. The van der Waals surface area contributed by atoms with Crippen molar-refractivity contribution in [3.8, 4) is 68.3 Å². The van der Waals surface area contributed by atoms with Crippen molar-refractivity contribution in [1.29, 1.82) is 0 Å². The summed E-state index contributed by atoms with van der Waals surface area (Å²) in [4.78, 5) is 22.9. The molecule has 9 heteroatoms. The predicted octanol–water partition coefficient (Wildman–Crippen LogP) is 14.4. The summed E-state index contributed by atoms with van der Waals surface area (Å²) in [6.45, 7) is 8.68. The molecule has 6 aromatic heterocycles. The summed E-state index contributed by atoms with van der Waals surface area (Å²) in [5, 5.41) is 4.57. The van der Waals surface area contributed by atoms with Gasteiger partial charge < -0.3 is 0 Å². The molecule has 8 heterocycles. The fraction of sp³-hybridized carbons (Fsp3) is 0.0571. The van der Waals surface area contributed by atoms with Crippen LogP contribution in [0.15, 0.2) is 212 Å². The third-order valence-corrected chi connectivity index (χ3v) is 17.1. The first-order chi connectivity index (χ1) is 38.9. The minimum Gasteiger partial charge on any atom is -0.293 e. The lowest BCUT2D eigenvalue weighted by molar-refractivity contribution is 1.07. The Morgan fingerprint density at radius 1 is 0.329 bits per heavy atom. The topological polar surface area (TPSA) is 71.3 Å². The van der Waals surface area contributed by atoms with Gasteiger partial charge in [-0.3, -0.25) is 18.3 Å². The summed E-state index contributed by atoms with van der Waals surface area (Å²) in [6.07, 6.45) is 0. The van der Waals surface area contributed by atoms with Gasteiger partial charge in [0.1, 0.15) is 34.3 Å². The molecule has 9 aromatic carbocycles. The van der Waals surface area contributed by atoms with E-state index in [4.69, 9.17) is 19.9 Å². The quantitative estimate of drug-likeness (QED) is 0.156. The summed E-state index contributed by atoms with van der Waals surface area (Å²) in [6, 6.07) is 76.4. The van der Waals surface area contributed by atoms with E-state index in [0.717, 1.165) is 134 Å². The van der Waals surface area contributed by atoms with Gasteiger partial charge in [0.15, 0.2) is 0 Å². The minimum atomic E-state index is -0.196. The lowest BCUT2D eigenvalue weighted by Gasteiger charge is -2.34. The predicted molar refractivity (Wildman–Crippen MR) is 325 cm³/mol. The van der Waals surface area contributed by atoms with Crippen LogP contribution in [0.25, 0.3) is 134 Å². The van der Waals surface area contributed by atoms with E-state index in [-0.39, 0.29) is 6.71 Å². The van der Waals surface area contributed by atoms with Crippen molar-refractivity contribution in [2.24, 2.45) is 0 Å². The van der Waals surface area contributed by atoms with E-state index in [0.29, 0.717) is 0 Å². The molecule has 370 valence electrons. The molecule has 2 aliphatic rings. The molecule has 0 bridgehead atoms. The number of fused-ring (bicyclic) bond motifs is 12. The van der Waals surface area contributed by atoms with Crippen molar-refractivity contribution >= 4 is 88.8 Å². The molecule has 0 saturated heterocycles. The van der Waals surface area contributed by atoms with Gasteiger partial charge in [-0.15, -0.1) is 0 Å². The van der Waals surface area contributed by atoms with Crippen molar-refractivity contribution in [2.45, 2.75) is 27.7 Å². The van der Waals surface area contributed by atoms with E-state index in [1.54, 1.807) is 0 Å². The highest BCUT2D eigenvalue weighted by Crippen LogP contribution is 2.45. The van der Waals surface area contributed by atoms with E-state index in [9.17, 15) is 0 Å². The maximum atomic E-state index is 6.00. The summed E-state index contributed by atoms with van der Waals surface area (Å²) >= 11 is 0. The molecule has 0 atom stereocenters. The molecular weight excluding hydrogens is 964 g/mol. The smallest absolute Gasteiger partial charge is 0.252 e. The highest BCUT2D eigenvalue weighted by Gasteiger charge is 2.44. The van der Waals surface area contributed by atoms with E-state index in [2.05, 4.69) is 258 Å². The highest BCUT2D eigenvalue weighted by atomic mass is 15.2. The summed E-state index contributed by atoms with van der Waals surface area (Å²) < 4.78 is 9.72. The van der Waals surface area contributed by atoms with Crippen molar-refractivity contribution in [2.75, 3.05) is 0 Å². The lowest BCUT2D eigenvalue weighted by Crippen LogP contribution is -2.59. The number of pyridine rings is 2. The molecule has 0 amide bonds. The largest absolute Gasteiger partial charge is 0.293 e. The highest BCUT2D eigenvalue weighted by molar-refractivity contribution is 7.00. The third-order valence-electron chi connectivity index (χ3n) is 17.1. The number of hydrogen-bond donors (Lipinski definition) is 0. The zero-order valence-corrected chi connectivity index (χ0v) is 43.9. The van der Waals surface area contributed by atoms with Gasteiger partial charge in [-0.05, 0) is 115 Å². The van der Waals surface area contributed by atoms with Crippen LogP contribution in [-0.4, -0.2) is 44.9 Å². The summed E-state index contributed by atoms with van der Waals surface area (Å²) in [5.74, 6) is 3.54. The van der Waals surface area contributed by atoms with E-state index >= 15 is 0 Å². The number of rotatable bonds is 6.